The molecule has 9 heteroatoms. The maximum absolute atomic E-state index is 13.0. The van der Waals surface area contributed by atoms with E-state index in [1.165, 1.54) is 32.7 Å². The van der Waals surface area contributed by atoms with E-state index in [4.69, 9.17) is 9.47 Å². The summed E-state index contributed by atoms with van der Waals surface area (Å²) in [6.45, 7) is 3.83. The summed E-state index contributed by atoms with van der Waals surface area (Å²) in [4.78, 5) is 8.33. The van der Waals surface area contributed by atoms with Gasteiger partial charge in [-0.05, 0) is 43.2 Å². The van der Waals surface area contributed by atoms with E-state index in [1.54, 1.807) is 18.2 Å². The fourth-order valence-corrected chi connectivity index (χ4v) is 4.02. The molecule has 3 rings (SSSR count). The molecule has 0 radical (unpaired) electrons. The first-order valence-electron chi connectivity index (χ1n) is 9.29. The standard InChI is InChI=1S/C21H24N4O4S/c1-5-15-6-7-16(24-21-10-14(2)22-13-23-21)11-18(15)25-30(26,27)17-8-9-19(28-3)20(12-17)29-4/h6-13,25H,5H2,1-4H3,(H,22,23,24). The molecule has 0 bridgehead atoms. The average Bonchev–Trinajstić information content (AvgIpc) is 2.73. The number of ether oxygens (including phenoxy) is 2. The van der Waals surface area contributed by atoms with Crippen LogP contribution >= 0.6 is 0 Å². The van der Waals surface area contributed by atoms with Gasteiger partial charge in [-0.15, -0.1) is 0 Å². The third kappa shape index (κ3) is 4.80. The molecule has 0 spiro atoms. The number of aromatic nitrogens is 2. The first kappa shape index (κ1) is 21.4. The third-order valence-corrected chi connectivity index (χ3v) is 5.84. The van der Waals surface area contributed by atoms with Gasteiger partial charge < -0.3 is 14.8 Å². The number of rotatable bonds is 8. The van der Waals surface area contributed by atoms with Crippen molar-refractivity contribution in [1.29, 1.82) is 0 Å². The van der Waals surface area contributed by atoms with Crippen molar-refractivity contribution in [1.82, 2.24) is 9.97 Å². The molecular weight excluding hydrogens is 404 g/mol. The number of nitrogens with one attached hydrogen (secondary N) is 2. The number of nitrogens with zero attached hydrogens (tertiary/aromatic N) is 2. The van der Waals surface area contributed by atoms with E-state index in [9.17, 15) is 8.42 Å². The largest absolute Gasteiger partial charge is 0.493 e. The van der Waals surface area contributed by atoms with Crippen LogP contribution in [0.5, 0.6) is 11.5 Å². The SMILES string of the molecule is CCc1ccc(Nc2cc(C)ncn2)cc1NS(=O)(=O)c1ccc(OC)c(OC)c1. The lowest BCUT2D eigenvalue weighted by molar-refractivity contribution is 0.354. The van der Waals surface area contributed by atoms with Crippen molar-refractivity contribution >= 4 is 27.2 Å². The van der Waals surface area contributed by atoms with Gasteiger partial charge in [0.1, 0.15) is 12.1 Å². The number of aryl methyl sites for hydroxylation is 2. The van der Waals surface area contributed by atoms with E-state index < -0.39 is 10.0 Å². The number of anilines is 3. The predicted octanol–water partition coefficient (Wildman–Crippen LogP) is 3.91. The second-order valence-corrected chi connectivity index (χ2v) is 8.20. The van der Waals surface area contributed by atoms with Crippen LogP contribution in [0.15, 0.2) is 53.7 Å². The van der Waals surface area contributed by atoms with Crippen molar-refractivity contribution in [2.75, 3.05) is 24.3 Å². The molecule has 3 aromatic rings. The zero-order chi connectivity index (χ0) is 21.7. The van der Waals surface area contributed by atoms with Crippen molar-refractivity contribution < 1.29 is 17.9 Å². The van der Waals surface area contributed by atoms with Gasteiger partial charge >= 0.3 is 0 Å². The smallest absolute Gasteiger partial charge is 0.262 e. The highest BCUT2D eigenvalue weighted by Gasteiger charge is 2.19. The molecule has 0 aliphatic heterocycles. The molecule has 0 fully saturated rings. The lowest BCUT2D eigenvalue weighted by Gasteiger charge is -2.15. The van der Waals surface area contributed by atoms with Gasteiger partial charge in [0.15, 0.2) is 11.5 Å². The molecule has 0 aliphatic carbocycles. The normalized spacial score (nSPS) is 11.1. The molecule has 0 atom stereocenters. The quantitative estimate of drug-likeness (QED) is 0.561. The second kappa shape index (κ2) is 9.00. The number of sulfonamides is 1. The first-order valence-corrected chi connectivity index (χ1v) is 10.8. The summed E-state index contributed by atoms with van der Waals surface area (Å²) >= 11 is 0. The Morgan fingerprint density at radius 3 is 2.40 bits per heavy atom. The highest BCUT2D eigenvalue weighted by atomic mass is 32.2. The van der Waals surface area contributed by atoms with Crippen molar-refractivity contribution in [3.63, 3.8) is 0 Å². The number of benzene rings is 2. The predicted molar refractivity (Wildman–Crippen MR) is 116 cm³/mol. The van der Waals surface area contributed by atoms with Crippen LogP contribution in [0.3, 0.4) is 0 Å². The van der Waals surface area contributed by atoms with Crippen LogP contribution in [0.2, 0.25) is 0 Å². The Balaban J connectivity index is 1.92. The van der Waals surface area contributed by atoms with Gasteiger partial charge in [-0.1, -0.05) is 13.0 Å². The van der Waals surface area contributed by atoms with E-state index in [0.717, 1.165) is 11.3 Å². The molecule has 2 aromatic carbocycles. The molecule has 1 aromatic heterocycles. The van der Waals surface area contributed by atoms with E-state index in [0.29, 0.717) is 35.1 Å². The molecule has 30 heavy (non-hydrogen) atoms. The van der Waals surface area contributed by atoms with Crippen molar-refractivity contribution in [3.8, 4) is 11.5 Å². The van der Waals surface area contributed by atoms with Crippen LogP contribution in [-0.2, 0) is 16.4 Å². The van der Waals surface area contributed by atoms with Crippen LogP contribution in [0.4, 0.5) is 17.2 Å². The molecule has 158 valence electrons. The number of hydrogen-bond donors (Lipinski definition) is 2. The van der Waals surface area contributed by atoms with Crippen molar-refractivity contribution in [2.24, 2.45) is 0 Å². The summed E-state index contributed by atoms with van der Waals surface area (Å²) in [6.07, 6.45) is 2.13. The van der Waals surface area contributed by atoms with Gasteiger partial charge in [-0.3, -0.25) is 4.72 Å². The highest BCUT2D eigenvalue weighted by Crippen LogP contribution is 2.31. The molecule has 8 nitrogen and oxygen atoms in total. The summed E-state index contributed by atoms with van der Waals surface area (Å²) in [6, 6.07) is 11.8. The molecule has 0 saturated heterocycles. The maximum atomic E-state index is 13.0. The van der Waals surface area contributed by atoms with Crippen LogP contribution < -0.4 is 19.5 Å². The Hall–Kier alpha value is -3.33. The summed E-state index contributed by atoms with van der Waals surface area (Å²) < 4.78 is 39.1. The molecule has 2 N–H and O–H groups in total. The highest BCUT2D eigenvalue weighted by molar-refractivity contribution is 7.92. The van der Waals surface area contributed by atoms with Gasteiger partial charge in [-0.25, -0.2) is 18.4 Å². The van der Waals surface area contributed by atoms with Gasteiger partial charge in [0.2, 0.25) is 0 Å². The topological polar surface area (TPSA) is 102 Å². The van der Waals surface area contributed by atoms with Crippen molar-refractivity contribution in [2.45, 2.75) is 25.2 Å². The maximum Gasteiger partial charge on any atom is 0.262 e. The van der Waals surface area contributed by atoms with Crippen LogP contribution in [0.25, 0.3) is 0 Å². The molecule has 0 amide bonds. The third-order valence-electron chi connectivity index (χ3n) is 4.48. The lowest BCUT2D eigenvalue weighted by atomic mass is 10.1. The molecule has 0 saturated carbocycles. The van der Waals surface area contributed by atoms with E-state index in [-0.39, 0.29) is 4.90 Å². The molecule has 0 unspecified atom stereocenters. The summed E-state index contributed by atoms with van der Waals surface area (Å²) in [5.74, 6) is 1.42. The van der Waals surface area contributed by atoms with Gasteiger partial charge in [0.05, 0.1) is 24.8 Å². The summed E-state index contributed by atoms with van der Waals surface area (Å²) in [7, 11) is -0.884. The van der Waals surface area contributed by atoms with Gasteiger partial charge in [0, 0.05) is 23.5 Å². The molecule has 1 heterocycles. The summed E-state index contributed by atoms with van der Waals surface area (Å²) in [5.41, 5.74) is 2.88. The van der Waals surface area contributed by atoms with Crippen LogP contribution in [-0.4, -0.2) is 32.6 Å². The Labute approximate surface area is 176 Å². The summed E-state index contributed by atoms with van der Waals surface area (Å²) in [5, 5.41) is 3.17. The average molecular weight is 429 g/mol. The van der Waals surface area contributed by atoms with Crippen molar-refractivity contribution in [3.05, 3.63) is 60.0 Å². The van der Waals surface area contributed by atoms with Crippen LogP contribution in [0.1, 0.15) is 18.2 Å². The van der Waals surface area contributed by atoms with E-state index >= 15 is 0 Å². The van der Waals surface area contributed by atoms with Gasteiger partial charge in [0.25, 0.3) is 10.0 Å². The number of methoxy groups -OCH3 is 2. The van der Waals surface area contributed by atoms with Gasteiger partial charge in [-0.2, -0.15) is 0 Å². The fraction of sp³-hybridized carbons (Fsp3) is 0.238. The molecular formula is C21H24N4O4S. The molecule has 0 aliphatic rings. The Morgan fingerprint density at radius 1 is 0.967 bits per heavy atom. The Bertz CT molecular complexity index is 1150. The Morgan fingerprint density at radius 2 is 1.73 bits per heavy atom. The van der Waals surface area contributed by atoms with E-state index in [2.05, 4.69) is 20.0 Å². The zero-order valence-corrected chi connectivity index (χ0v) is 18.1. The zero-order valence-electron chi connectivity index (χ0n) is 17.3. The number of hydrogen-bond acceptors (Lipinski definition) is 7. The minimum atomic E-state index is -3.84. The minimum Gasteiger partial charge on any atom is -0.493 e. The Kier molecular flexibility index (Phi) is 6.41. The minimum absolute atomic E-state index is 0.0759. The lowest BCUT2D eigenvalue weighted by Crippen LogP contribution is -2.14. The van der Waals surface area contributed by atoms with E-state index in [1.807, 2.05) is 26.0 Å². The van der Waals surface area contributed by atoms with Crippen LogP contribution in [0, 0.1) is 6.92 Å². The fourth-order valence-electron chi connectivity index (χ4n) is 2.92. The second-order valence-electron chi connectivity index (χ2n) is 6.52. The first-order chi connectivity index (χ1) is 14.4. The monoisotopic (exact) mass is 428 g/mol.